The van der Waals surface area contributed by atoms with Crippen LogP contribution in [0.3, 0.4) is 0 Å². The minimum absolute atomic E-state index is 0.0741. The lowest BCUT2D eigenvalue weighted by Gasteiger charge is -1.90. The quantitative estimate of drug-likeness (QED) is 0.572. The molecule has 0 aliphatic carbocycles. The highest BCUT2D eigenvalue weighted by atomic mass is 19.1. The normalized spacial score (nSPS) is 10.6. The fourth-order valence-corrected chi connectivity index (χ4v) is 0.855. The van der Waals surface area contributed by atoms with E-state index in [1.54, 1.807) is 0 Å². The summed E-state index contributed by atoms with van der Waals surface area (Å²) in [6.07, 6.45) is 0. The van der Waals surface area contributed by atoms with Crippen molar-refractivity contribution in [2.24, 2.45) is 0 Å². The Morgan fingerprint density at radius 1 is 1.27 bits per heavy atom. The first-order valence-electron chi connectivity index (χ1n) is 2.95. The molecular formula is C6H4FN3O. The van der Waals surface area contributed by atoms with Crippen molar-refractivity contribution in [1.29, 1.82) is 0 Å². The van der Waals surface area contributed by atoms with Gasteiger partial charge in [-0.15, -0.1) is 0 Å². The molecule has 0 aliphatic rings. The van der Waals surface area contributed by atoms with Crippen LogP contribution in [0.15, 0.2) is 16.8 Å². The van der Waals surface area contributed by atoms with Crippen molar-refractivity contribution in [3.8, 4) is 0 Å². The van der Waals surface area contributed by atoms with Crippen LogP contribution in [-0.4, -0.2) is 10.3 Å². The average Bonchev–Trinajstić information content (AvgIpc) is 2.45. The van der Waals surface area contributed by atoms with Crippen LogP contribution < -0.4 is 5.73 Å². The van der Waals surface area contributed by atoms with Gasteiger partial charge < -0.3 is 5.73 Å². The standard InChI is InChI=1S/C6H4FN3O/c7-3-1-2-4(8)6-5(3)9-11-10-6/h1-2H,8H2. The summed E-state index contributed by atoms with van der Waals surface area (Å²) < 4.78 is 17.1. The van der Waals surface area contributed by atoms with Crippen LogP contribution in [-0.2, 0) is 0 Å². The summed E-state index contributed by atoms with van der Waals surface area (Å²) >= 11 is 0. The molecule has 1 aromatic carbocycles. The molecule has 1 heterocycles. The summed E-state index contributed by atoms with van der Waals surface area (Å²) in [5, 5.41) is 6.77. The predicted molar refractivity (Wildman–Crippen MR) is 36.2 cm³/mol. The molecule has 0 unspecified atom stereocenters. The molecule has 2 N–H and O–H groups in total. The third-order valence-electron chi connectivity index (χ3n) is 1.40. The van der Waals surface area contributed by atoms with Gasteiger partial charge in [-0.2, -0.15) is 0 Å². The number of nitrogen functional groups attached to an aromatic ring is 1. The molecule has 0 spiro atoms. The summed E-state index contributed by atoms with van der Waals surface area (Å²) in [6, 6.07) is 2.64. The third-order valence-corrected chi connectivity index (χ3v) is 1.40. The summed E-state index contributed by atoms with van der Waals surface area (Å²) in [7, 11) is 0. The highest BCUT2D eigenvalue weighted by molar-refractivity contribution is 5.85. The van der Waals surface area contributed by atoms with Crippen molar-refractivity contribution in [2.75, 3.05) is 5.73 Å². The van der Waals surface area contributed by atoms with E-state index in [1.165, 1.54) is 12.1 Å². The van der Waals surface area contributed by atoms with E-state index in [-0.39, 0.29) is 11.0 Å². The first kappa shape index (κ1) is 6.09. The number of anilines is 1. The van der Waals surface area contributed by atoms with E-state index in [2.05, 4.69) is 14.9 Å². The lowest BCUT2D eigenvalue weighted by molar-refractivity contribution is 0.314. The number of hydrogen-bond donors (Lipinski definition) is 1. The molecule has 4 nitrogen and oxygen atoms in total. The molecule has 0 atom stereocenters. The largest absolute Gasteiger partial charge is 0.397 e. The molecule has 11 heavy (non-hydrogen) atoms. The van der Waals surface area contributed by atoms with Gasteiger partial charge in [0.25, 0.3) is 0 Å². The van der Waals surface area contributed by atoms with Gasteiger partial charge in [-0.25, -0.2) is 9.02 Å². The maximum atomic E-state index is 12.8. The van der Waals surface area contributed by atoms with E-state index < -0.39 is 5.82 Å². The van der Waals surface area contributed by atoms with E-state index in [9.17, 15) is 4.39 Å². The number of benzene rings is 1. The highest BCUT2D eigenvalue weighted by Crippen LogP contribution is 2.19. The van der Waals surface area contributed by atoms with Gasteiger partial charge in [-0.3, -0.25) is 0 Å². The molecule has 0 saturated carbocycles. The fourth-order valence-electron chi connectivity index (χ4n) is 0.855. The van der Waals surface area contributed by atoms with Crippen molar-refractivity contribution in [1.82, 2.24) is 10.3 Å². The molecule has 0 saturated heterocycles. The van der Waals surface area contributed by atoms with Crippen molar-refractivity contribution >= 4 is 16.7 Å². The molecule has 0 amide bonds. The van der Waals surface area contributed by atoms with Crippen molar-refractivity contribution < 1.29 is 9.02 Å². The number of aromatic nitrogens is 2. The highest BCUT2D eigenvalue weighted by Gasteiger charge is 2.08. The Bertz CT molecular complexity index is 362. The van der Waals surface area contributed by atoms with Crippen LogP contribution in [0.4, 0.5) is 10.1 Å². The molecule has 0 bridgehead atoms. The van der Waals surface area contributed by atoms with Crippen LogP contribution in [0, 0.1) is 5.82 Å². The summed E-state index contributed by atoms with van der Waals surface area (Å²) in [5.41, 5.74) is 6.15. The van der Waals surface area contributed by atoms with Gasteiger partial charge in [0.1, 0.15) is 0 Å². The number of halogens is 1. The third kappa shape index (κ3) is 0.739. The van der Waals surface area contributed by atoms with Crippen LogP contribution in [0.2, 0.25) is 0 Å². The molecular weight excluding hydrogens is 149 g/mol. The lowest BCUT2D eigenvalue weighted by Crippen LogP contribution is -1.87. The lowest BCUT2D eigenvalue weighted by atomic mass is 10.2. The fraction of sp³-hybridized carbons (Fsp3) is 0. The van der Waals surface area contributed by atoms with E-state index in [1.807, 2.05) is 0 Å². The second-order valence-electron chi connectivity index (χ2n) is 2.10. The Labute approximate surface area is 60.8 Å². The minimum Gasteiger partial charge on any atom is -0.397 e. The van der Waals surface area contributed by atoms with Crippen molar-refractivity contribution in [3.63, 3.8) is 0 Å². The maximum absolute atomic E-state index is 12.8. The van der Waals surface area contributed by atoms with Gasteiger partial charge in [0.05, 0.1) is 5.69 Å². The predicted octanol–water partition coefficient (Wildman–Crippen LogP) is 0.944. The van der Waals surface area contributed by atoms with E-state index in [0.29, 0.717) is 5.69 Å². The molecule has 1 aromatic heterocycles. The second-order valence-corrected chi connectivity index (χ2v) is 2.10. The molecule has 0 radical (unpaired) electrons. The van der Waals surface area contributed by atoms with Crippen LogP contribution in [0.25, 0.3) is 11.0 Å². The second kappa shape index (κ2) is 1.91. The van der Waals surface area contributed by atoms with Gasteiger partial charge in [0, 0.05) is 0 Å². The van der Waals surface area contributed by atoms with Gasteiger partial charge in [0.15, 0.2) is 16.9 Å². The Morgan fingerprint density at radius 3 is 2.73 bits per heavy atom. The van der Waals surface area contributed by atoms with E-state index in [0.717, 1.165) is 0 Å². The molecule has 0 aliphatic heterocycles. The number of nitrogens with two attached hydrogens (primary N) is 1. The smallest absolute Gasteiger partial charge is 0.172 e. The molecule has 2 rings (SSSR count). The number of hydrogen-bond acceptors (Lipinski definition) is 4. The molecule has 5 heteroatoms. The van der Waals surface area contributed by atoms with Gasteiger partial charge in [-0.05, 0) is 22.4 Å². The summed E-state index contributed by atoms with van der Waals surface area (Å²) in [5.74, 6) is -0.476. The topological polar surface area (TPSA) is 64.9 Å². The summed E-state index contributed by atoms with van der Waals surface area (Å²) in [6.45, 7) is 0. The Kier molecular flexibility index (Phi) is 1.06. The van der Waals surface area contributed by atoms with E-state index >= 15 is 0 Å². The zero-order chi connectivity index (χ0) is 7.84. The van der Waals surface area contributed by atoms with Gasteiger partial charge >= 0.3 is 0 Å². The number of fused-ring (bicyclic) bond motifs is 1. The van der Waals surface area contributed by atoms with Gasteiger partial charge in [-0.1, -0.05) is 0 Å². The molecule has 0 fully saturated rings. The zero-order valence-corrected chi connectivity index (χ0v) is 5.41. The number of rotatable bonds is 0. The Hall–Kier alpha value is -1.65. The first-order chi connectivity index (χ1) is 5.29. The van der Waals surface area contributed by atoms with Crippen molar-refractivity contribution in [3.05, 3.63) is 17.9 Å². The maximum Gasteiger partial charge on any atom is 0.172 e. The van der Waals surface area contributed by atoms with Crippen molar-refractivity contribution in [2.45, 2.75) is 0 Å². The van der Waals surface area contributed by atoms with E-state index in [4.69, 9.17) is 5.73 Å². The zero-order valence-electron chi connectivity index (χ0n) is 5.41. The van der Waals surface area contributed by atoms with Crippen LogP contribution >= 0.6 is 0 Å². The minimum atomic E-state index is -0.476. The average molecular weight is 153 g/mol. The van der Waals surface area contributed by atoms with Gasteiger partial charge in [0.2, 0.25) is 0 Å². The van der Waals surface area contributed by atoms with Crippen LogP contribution in [0.5, 0.6) is 0 Å². The monoisotopic (exact) mass is 153 g/mol. The molecule has 56 valence electrons. The Morgan fingerprint density at radius 2 is 2.00 bits per heavy atom. The summed E-state index contributed by atoms with van der Waals surface area (Å²) in [4.78, 5) is 0. The Balaban J connectivity index is 2.96. The molecule has 2 aromatic rings. The SMILES string of the molecule is Nc1ccc(F)c2nonc12. The number of nitrogens with zero attached hydrogens (tertiary/aromatic N) is 2. The first-order valence-corrected chi connectivity index (χ1v) is 2.95. The van der Waals surface area contributed by atoms with Crippen LogP contribution in [0.1, 0.15) is 0 Å².